The Hall–Kier alpha value is -0.590. The van der Waals surface area contributed by atoms with E-state index >= 15 is 0 Å². The molecular formula is C3H6N2O. The van der Waals surface area contributed by atoms with Gasteiger partial charge in [0, 0.05) is 7.05 Å². The van der Waals surface area contributed by atoms with E-state index in [9.17, 15) is 0 Å². The molecule has 0 aromatic carbocycles. The first-order valence-electron chi connectivity index (χ1n) is 1.54. The van der Waals surface area contributed by atoms with Gasteiger partial charge in [0.25, 0.3) is 0 Å². The lowest BCUT2D eigenvalue weighted by Gasteiger charge is -1.95. The molecule has 0 radical (unpaired) electrons. The summed E-state index contributed by atoms with van der Waals surface area (Å²) in [5, 5.41) is 16.8. The van der Waals surface area contributed by atoms with Gasteiger partial charge in [-0.15, -0.1) is 0 Å². The molecule has 0 aromatic rings. The maximum atomic E-state index is 8.16. The van der Waals surface area contributed by atoms with Crippen LogP contribution < -0.4 is 0 Å². The molecule has 34 valence electrons. The monoisotopic (exact) mass is 86.0 g/mol. The van der Waals surface area contributed by atoms with Crippen LogP contribution in [0.5, 0.6) is 0 Å². The highest BCUT2D eigenvalue weighted by atomic mass is 16.5. The highest BCUT2D eigenvalue weighted by Gasteiger charge is 1.80. The standard InChI is InChI=1S/C3H6N2O/c1-5(6)3-2-4/h6H,3H2,1H3. The molecule has 0 aliphatic rings. The summed E-state index contributed by atoms with van der Waals surface area (Å²) < 4.78 is 0. The van der Waals surface area contributed by atoms with E-state index in [1.165, 1.54) is 7.05 Å². The maximum Gasteiger partial charge on any atom is 0.111 e. The Morgan fingerprint density at radius 1 is 2.00 bits per heavy atom. The molecule has 3 nitrogen and oxygen atoms in total. The summed E-state index contributed by atoms with van der Waals surface area (Å²) in [6, 6.07) is 1.74. The Labute approximate surface area is 36.4 Å². The molecule has 0 heterocycles. The van der Waals surface area contributed by atoms with Crippen molar-refractivity contribution in [2.75, 3.05) is 13.6 Å². The van der Waals surface area contributed by atoms with Gasteiger partial charge in [0.1, 0.15) is 6.54 Å². The molecule has 0 saturated carbocycles. The zero-order chi connectivity index (χ0) is 4.99. The molecule has 0 unspecified atom stereocenters. The van der Waals surface area contributed by atoms with Gasteiger partial charge in [0.05, 0.1) is 6.07 Å². The van der Waals surface area contributed by atoms with Crippen molar-refractivity contribution in [2.45, 2.75) is 0 Å². The minimum Gasteiger partial charge on any atom is -0.313 e. The number of hydroxylamine groups is 2. The molecule has 0 fully saturated rings. The van der Waals surface area contributed by atoms with Crippen molar-refractivity contribution in [3.8, 4) is 6.07 Å². The molecule has 0 rings (SSSR count). The lowest BCUT2D eigenvalue weighted by molar-refractivity contribution is -0.0517. The van der Waals surface area contributed by atoms with E-state index in [1.54, 1.807) is 6.07 Å². The van der Waals surface area contributed by atoms with E-state index in [1.807, 2.05) is 0 Å². The number of rotatable bonds is 1. The maximum absolute atomic E-state index is 8.16. The minimum absolute atomic E-state index is 0.0694. The highest BCUT2D eigenvalue weighted by Crippen LogP contribution is 1.63. The van der Waals surface area contributed by atoms with Crippen molar-refractivity contribution in [3.05, 3.63) is 0 Å². The third-order valence-electron chi connectivity index (χ3n) is 0.300. The number of nitriles is 1. The topological polar surface area (TPSA) is 47.3 Å². The van der Waals surface area contributed by atoms with Crippen molar-refractivity contribution < 1.29 is 5.21 Å². The van der Waals surface area contributed by atoms with Crippen LogP contribution in [0.1, 0.15) is 0 Å². The average Bonchev–Trinajstić information content (AvgIpc) is 1.35. The molecule has 1 N–H and O–H groups in total. The van der Waals surface area contributed by atoms with E-state index in [4.69, 9.17) is 10.5 Å². The predicted molar refractivity (Wildman–Crippen MR) is 20.0 cm³/mol. The van der Waals surface area contributed by atoms with E-state index in [2.05, 4.69) is 0 Å². The molecule has 0 amide bonds. The van der Waals surface area contributed by atoms with Gasteiger partial charge in [-0.2, -0.15) is 10.3 Å². The van der Waals surface area contributed by atoms with E-state index < -0.39 is 0 Å². The van der Waals surface area contributed by atoms with Crippen molar-refractivity contribution >= 4 is 0 Å². The zero-order valence-corrected chi connectivity index (χ0v) is 3.55. The van der Waals surface area contributed by atoms with Gasteiger partial charge in [0.15, 0.2) is 0 Å². The third kappa shape index (κ3) is 3.41. The fraction of sp³-hybridized carbons (Fsp3) is 0.667. The fourth-order valence-corrected chi connectivity index (χ4v) is 0.102. The summed E-state index contributed by atoms with van der Waals surface area (Å²) in [6.45, 7) is 0.0694. The molecule has 0 aromatic heterocycles. The van der Waals surface area contributed by atoms with Crippen LogP contribution in [-0.2, 0) is 0 Å². The Morgan fingerprint density at radius 3 is 2.50 bits per heavy atom. The van der Waals surface area contributed by atoms with Crippen LogP contribution in [0.2, 0.25) is 0 Å². The lowest BCUT2D eigenvalue weighted by Crippen LogP contribution is -2.11. The summed E-state index contributed by atoms with van der Waals surface area (Å²) in [5.41, 5.74) is 0. The van der Waals surface area contributed by atoms with E-state index in [0.717, 1.165) is 5.06 Å². The van der Waals surface area contributed by atoms with Gasteiger partial charge in [-0.3, -0.25) is 0 Å². The van der Waals surface area contributed by atoms with Crippen LogP contribution in [0.4, 0.5) is 0 Å². The second-order valence-electron chi connectivity index (χ2n) is 0.974. The smallest absolute Gasteiger partial charge is 0.111 e. The Morgan fingerprint density at radius 2 is 2.50 bits per heavy atom. The zero-order valence-electron chi connectivity index (χ0n) is 3.55. The minimum atomic E-state index is 0.0694. The van der Waals surface area contributed by atoms with Gasteiger partial charge in [-0.1, -0.05) is 0 Å². The van der Waals surface area contributed by atoms with Crippen LogP contribution in [0.15, 0.2) is 0 Å². The Kier molecular flexibility index (Phi) is 2.38. The SMILES string of the molecule is CN(O)CC#N. The molecule has 0 spiro atoms. The number of hydrogen-bond acceptors (Lipinski definition) is 3. The largest absolute Gasteiger partial charge is 0.313 e. The van der Waals surface area contributed by atoms with Crippen molar-refractivity contribution in [3.63, 3.8) is 0 Å². The lowest BCUT2D eigenvalue weighted by atomic mass is 10.7. The molecule has 0 atom stereocenters. The average molecular weight is 86.1 g/mol. The molecule has 0 aliphatic carbocycles. The summed E-state index contributed by atoms with van der Waals surface area (Å²) in [4.78, 5) is 0. The molecule has 0 saturated heterocycles. The first kappa shape index (κ1) is 5.41. The summed E-state index contributed by atoms with van der Waals surface area (Å²) in [6.07, 6.45) is 0. The van der Waals surface area contributed by atoms with Crippen molar-refractivity contribution in [1.29, 1.82) is 5.26 Å². The third-order valence-corrected chi connectivity index (χ3v) is 0.300. The Bertz CT molecular complexity index is 63.7. The predicted octanol–water partition coefficient (Wildman–Crippen LogP) is -0.169. The van der Waals surface area contributed by atoms with Crippen LogP contribution in [-0.4, -0.2) is 23.9 Å². The molecule has 6 heavy (non-hydrogen) atoms. The molecular weight excluding hydrogens is 80.0 g/mol. The fourth-order valence-electron chi connectivity index (χ4n) is 0.102. The summed E-state index contributed by atoms with van der Waals surface area (Å²) in [5.74, 6) is 0. The number of nitrogens with zero attached hydrogens (tertiary/aromatic N) is 2. The second-order valence-corrected chi connectivity index (χ2v) is 0.974. The first-order chi connectivity index (χ1) is 2.77. The van der Waals surface area contributed by atoms with Crippen molar-refractivity contribution in [1.82, 2.24) is 5.06 Å². The van der Waals surface area contributed by atoms with Gasteiger partial charge >= 0.3 is 0 Å². The van der Waals surface area contributed by atoms with Crippen LogP contribution in [0.3, 0.4) is 0 Å². The van der Waals surface area contributed by atoms with Crippen molar-refractivity contribution in [2.24, 2.45) is 0 Å². The van der Waals surface area contributed by atoms with Crippen LogP contribution in [0.25, 0.3) is 0 Å². The number of hydrogen-bond donors (Lipinski definition) is 1. The highest BCUT2D eigenvalue weighted by molar-refractivity contribution is 4.69. The molecule has 3 heteroatoms. The Balaban J connectivity index is 2.88. The van der Waals surface area contributed by atoms with Gasteiger partial charge in [-0.05, 0) is 0 Å². The first-order valence-corrected chi connectivity index (χ1v) is 1.54. The quantitative estimate of drug-likeness (QED) is 0.356. The molecule has 0 aliphatic heterocycles. The van der Waals surface area contributed by atoms with Gasteiger partial charge in [0.2, 0.25) is 0 Å². The van der Waals surface area contributed by atoms with E-state index in [-0.39, 0.29) is 6.54 Å². The van der Waals surface area contributed by atoms with Gasteiger partial charge in [-0.25, -0.2) is 0 Å². The van der Waals surface area contributed by atoms with Gasteiger partial charge < -0.3 is 5.21 Å². The summed E-state index contributed by atoms with van der Waals surface area (Å²) in [7, 11) is 1.42. The molecule has 0 bridgehead atoms. The second kappa shape index (κ2) is 2.64. The normalized spacial score (nSPS) is 8.33. The van der Waals surface area contributed by atoms with Crippen LogP contribution in [0, 0.1) is 11.3 Å². The van der Waals surface area contributed by atoms with E-state index in [0.29, 0.717) is 0 Å². The summed E-state index contributed by atoms with van der Waals surface area (Å²) >= 11 is 0. The van der Waals surface area contributed by atoms with Crippen LogP contribution >= 0.6 is 0 Å².